The highest BCUT2D eigenvalue weighted by Gasteiger charge is 2.62. The lowest BCUT2D eigenvalue weighted by molar-refractivity contribution is -0.345. The molecule has 288 valence electrons. The summed E-state index contributed by atoms with van der Waals surface area (Å²) in [5, 5.41) is 65.8. The standard InChI is InChI=1S/C32H42N2O17S/c1-7-16(34-12-52)30(42)51-25-18(11-46-15(5)35)49-28(31(43)10-17(36)23(33)22(27(31)39)29(40)41)24(38)26(25)50-21-9-19(45-6)32(44,14(4)48-21)13(3)47-20(37)8-2/h7,13-14,18-19,21,24-26,28,33,38-39,43-44H,8-11H2,1-6H3,(H,40,41)/b16-7+,33-23?. The van der Waals surface area contributed by atoms with Crippen LogP contribution < -0.4 is 0 Å². The van der Waals surface area contributed by atoms with Gasteiger partial charge >= 0.3 is 23.9 Å². The number of hydrogen-bond donors (Lipinski definition) is 6. The molecule has 2 fully saturated rings. The summed E-state index contributed by atoms with van der Waals surface area (Å²) in [6.07, 6.45) is -14.9. The third-order valence-corrected chi connectivity index (χ3v) is 9.15. The number of carbonyl (C=O) groups is 5. The van der Waals surface area contributed by atoms with Crippen molar-refractivity contribution in [1.29, 1.82) is 5.41 Å². The van der Waals surface area contributed by atoms with Crippen molar-refractivity contribution in [2.24, 2.45) is 4.99 Å². The van der Waals surface area contributed by atoms with Crippen LogP contribution in [0.1, 0.15) is 53.9 Å². The number of nitrogens with zero attached hydrogens (tertiary/aromatic N) is 1. The maximum atomic E-state index is 13.3. The number of hydrogen-bond acceptors (Lipinski definition) is 19. The van der Waals surface area contributed by atoms with Crippen LogP contribution in [0.25, 0.3) is 0 Å². The number of nitrogens with one attached hydrogen (secondary N) is 1. The normalized spacial score (nSPS) is 34.5. The van der Waals surface area contributed by atoms with Crippen LogP contribution in [0.4, 0.5) is 0 Å². The summed E-state index contributed by atoms with van der Waals surface area (Å²) in [6.45, 7) is 6.11. The van der Waals surface area contributed by atoms with Crippen LogP contribution in [0.2, 0.25) is 0 Å². The fourth-order valence-corrected chi connectivity index (χ4v) is 6.38. The van der Waals surface area contributed by atoms with Crippen molar-refractivity contribution in [2.45, 2.75) is 120 Å². The van der Waals surface area contributed by atoms with E-state index in [-0.39, 0.29) is 18.5 Å². The Kier molecular flexibility index (Phi) is 14.1. The Labute approximate surface area is 302 Å². The molecule has 11 atom stereocenters. The van der Waals surface area contributed by atoms with Gasteiger partial charge in [-0.1, -0.05) is 13.0 Å². The van der Waals surface area contributed by atoms with Crippen molar-refractivity contribution in [2.75, 3.05) is 13.7 Å². The van der Waals surface area contributed by atoms with Crippen molar-refractivity contribution in [1.82, 2.24) is 0 Å². The Bertz CT molecular complexity index is 1560. The van der Waals surface area contributed by atoms with Gasteiger partial charge in [0.1, 0.15) is 54.2 Å². The van der Waals surface area contributed by atoms with Crippen LogP contribution in [0.5, 0.6) is 0 Å². The highest BCUT2D eigenvalue weighted by molar-refractivity contribution is 7.78. The number of thiocarbonyl (C=S) groups is 1. The molecule has 3 aliphatic rings. The molecule has 1 aliphatic carbocycles. The number of ketones is 1. The first-order chi connectivity index (χ1) is 24.3. The molecule has 0 aromatic rings. The highest BCUT2D eigenvalue weighted by atomic mass is 32.1. The monoisotopic (exact) mass is 758 g/mol. The number of allylic oxidation sites excluding steroid dienone is 1. The summed E-state index contributed by atoms with van der Waals surface area (Å²) in [4.78, 5) is 65.6. The number of methoxy groups -OCH3 is 1. The second-order valence-corrected chi connectivity index (χ2v) is 12.4. The highest BCUT2D eigenvalue weighted by Crippen LogP contribution is 2.42. The Balaban J connectivity index is 2.16. The largest absolute Gasteiger partial charge is 0.508 e. The van der Waals surface area contributed by atoms with E-state index in [1.807, 2.05) is 5.16 Å². The molecule has 0 amide bonds. The maximum absolute atomic E-state index is 13.3. The minimum absolute atomic E-state index is 0.0129. The molecular formula is C32H42N2O17S. The van der Waals surface area contributed by atoms with Gasteiger partial charge in [-0.25, -0.2) is 9.59 Å². The van der Waals surface area contributed by atoms with Gasteiger partial charge in [0.05, 0.1) is 23.8 Å². The topological polar surface area (TPSA) is 287 Å². The maximum Gasteiger partial charge on any atom is 0.357 e. The minimum Gasteiger partial charge on any atom is -0.508 e. The van der Waals surface area contributed by atoms with Gasteiger partial charge in [-0.2, -0.15) is 4.99 Å². The number of aliphatic carboxylic acids is 1. The van der Waals surface area contributed by atoms with E-state index < -0.39 is 126 Å². The van der Waals surface area contributed by atoms with E-state index in [0.29, 0.717) is 0 Å². The van der Waals surface area contributed by atoms with Crippen LogP contribution in [0.15, 0.2) is 28.1 Å². The Morgan fingerprint density at radius 2 is 1.87 bits per heavy atom. The number of aliphatic hydroxyl groups excluding tert-OH is 2. The molecule has 0 spiro atoms. The van der Waals surface area contributed by atoms with E-state index in [2.05, 4.69) is 17.2 Å². The number of esters is 3. The van der Waals surface area contributed by atoms with Gasteiger partial charge in [0.15, 0.2) is 35.1 Å². The molecule has 0 bridgehead atoms. The number of aliphatic hydroxyl groups is 4. The molecule has 2 saturated heterocycles. The van der Waals surface area contributed by atoms with Crippen LogP contribution in [0.3, 0.4) is 0 Å². The fraction of sp³-hybridized carbons (Fsp3) is 0.656. The van der Waals surface area contributed by atoms with E-state index in [9.17, 15) is 49.5 Å². The van der Waals surface area contributed by atoms with Crippen molar-refractivity contribution < 1.29 is 82.7 Å². The van der Waals surface area contributed by atoms with Gasteiger partial charge in [-0.3, -0.25) is 19.8 Å². The van der Waals surface area contributed by atoms with Gasteiger partial charge in [0.2, 0.25) is 0 Å². The number of ether oxygens (including phenoxy) is 7. The van der Waals surface area contributed by atoms with E-state index in [1.54, 1.807) is 6.92 Å². The summed E-state index contributed by atoms with van der Waals surface area (Å²) >= 11 is 4.59. The summed E-state index contributed by atoms with van der Waals surface area (Å²) in [5.74, 6) is -7.22. The average molecular weight is 759 g/mol. The van der Waals surface area contributed by atoms with Crippen LogP contribution in [-0.4, -0.2) is 146 Å². The third kappa shape index (κ3) is 8.46. The van der Waals surface area contributed by atoms with E-state index in [4.69, 9.17) is 38.6 Å². The number of isothiocyanates is 1. The summed E-state index contributed by atoms with van der Waals surface area (Å²) in [6, 6.07) is 0. The summed E-state index contributed by atoms with van der Waals surface area (Å²) in [5.41, 5.74) is -7.72. The lowest BCUT2D eigenvalue weighted by Gasteiger charge is -2.52. The van der Waals surface area contributed by atoms with E-state index in [1.165, 1.54) is 34.0 Å². The second-order valence-electron chi connectivity index (χ2n) is 12.2. The van der Waals surface area contributed by atoms with Crippen molar-refractivity contribution in [3.05, 3.63) is 23.1 Å². The SMILES string of the molecule is C/C=C(/N=C=S)C(=O)OC1C(COC(C)=O)OC(C2(O)CC(=O)C(=N)C(C(=O)O)=C2O)C(O)C1OC1CC(OC)C(O)(C(C)OC(=O)CC)C(C)O1. The third-order valence-electron chi connectivity index (χ3n) is 9.06. The first kappa shape index (κ1) is 42.4. The molecule has 6 N–H and O–H groups in total. The molecule has 2 aliphatic heterocycles. The number of carboxylic acid groups (broad SMARTS) is 1. The van der Waals surface area contributed by atoms with E-state index >= 15 is 0 Å². The molecule has 0 aromatic heterocycles. The first-order valence-corrected chi connectivity index (χ1v) is 16.4. The van der Waals surface area contributed by atoms with Gasteiger partial charge < -0.3 is 58.7 Å². The summed E-state index contributed by atoms with van der Waals surface area (Å²) < 4.78 is 39.6. The van der Waals surface area contributed by atoms with Gasteiger partial charge in [0, 0.05) is 26.9 Å². The molecule has 11 unspecified atom stereocenters. The molecule has 0 saturated carbocycles. The molecule has 20 heteroatoms. The predicted octanol–water partition coefficient (Wildman–Crippen LogP) is -0.176. The second kappa shape index (κ2) is 17.2. The van der Waals surface area contributed by atoms with Crippen LogP contribution >= 0.6 is 12.2 Å². The lowest BCUT2D eigenvalue weighted by Crippen LogP contribution is -2.70. The van der Waals surface area contributed by atoms with Gasteiger partial charge in [-0.15, -0.1) is 0 Å². The summed E-state index contributed by atoms with van der Waals surface area (Å²) in [7, 11) is 1.26. The number of aliphatic imine (C=N–C) groups is 1. The van der Waals surface area contributed by atoms with Crippen LogP contribution in [0, 0.1) is 5.41 Å². The van der Waals surface area contributed by atoms with Crippen molar-refractivity contribution in [3.8, 4) is 0 Å². The zero-order valence-electron chi connectivity index (χ0n) is 29.1. The van der Waals surface area contributed by atoms with Crippen molar-refractivity contribution >= 4 is 52.8 Å². The first-order valence-electron chi connectivity index (χ1n) is 16.0. The van der Waals surface area contributed by atoms with Crippen LogP contribution in [-0.2, 0) is 57.1 Å². The Morgan fingerprint density at radius 3 is 2.40 bits per heavy atom. The molecule has 3 rings (SSSR count). The number of carboxylic acids is 1. The zero-order valence-corrected chi connectivity index (χ0v) is 29.9. The quantitative estimate of drug-likeness (QED) is 0.0467. The smallest absolute Gasteiger partial charge is 0.357 e. The molecule has 0 aromatic carbocycles. The van der Waals surface area contributed by atoms with Gasteiger partial charge in [0.25, 0.3) is 0 Å². The predicted molar refractivity (Wildman–Crippen MR) is 175 cm³/mol. The van der Waals surface area contributed by atoms with Crippen molar-refractivity contribution in [3.63, 3.8) is 0 Å². The number of rotatable bonds is 13. The van der Waals surface area contributed by atoms with E-state index in [0.717, 1.165) is 6.92 Å². The molecular weight excluding hydrogens is 716 g/mol. The Morgan fingerprint density at radius 1 is 1.21 bits per heavy atom. The average Bonchev–Trinajstić information content (AvgIpc) is 3.08. The molecule has 52 heavy (non-hydrogen) atoms. The zero-order chi connectivity index (χ0) is 39.3. The lowest BCUT2D eigenvalue weighted by atomic mass is 9.74. The fourth-order valence-electron chi connectivity index (χ4n) is 6.28. The molecule has 0 radical (unpaired) electrons. The minimum atomic E-state index is -3.02. The number of carbonyl (C=O) groups excluding carboxylic acids is 4. The Hall–Kier alpha value is -3.98. The molecule has 2 heterocycles. The number of Topliss-reactive ketones (excluding diaryl/α,β-unsaturated/α-hetero) is 1. The molecule has 19 nitrogen and oxygen atoms in total. The van der Waals surface area contributed by atoms with Gasteiger partial charge in [-0.05, 0) is 33.0 Å².